The lowest BCUT2D eigenvalue weighted by molar-refractivity contribution is 0.383. The summed E-state index contributed by atoms with van der Waals surface area (Å²) < 4.78 is 26.2. The van der Waals surface area contributed by atoms with Gasteiger partial charge < -0.3 is 5.73 Å². The molecule has 0 aliphatic heterocycles. The molecule has 1 atom stereocenters. The Bertz CT molecular complexity index is 456. The number of hydrogen-bond acceptors (Lipinski definition) is 5. The van der Waals surface area contributed by atoms with Gasteiger partial charge in [0.2, 0.25) is 0 Å². The van der Waals surface area contributed by atoms with Crippen LogP contribution in [0.5, 0.6) is 0 Å². The van der Waals surface area contributed by atoms with Crippen molar-refractivity contribution in [1.82, 2.24) is 4.31 Å². The van der Waals surface area contributed by atoms with Crippen molar-refractivity contribution in [3.05, 3.63) is 11.4 Å². The lowest BCUT2D eigenvalue weighted by Crippen LogP contribution is -2.35. The molecule has 17 heavy (non-hydrogen) atoms. The van der Waals surface area contributed by atoms with E-state index in [1.54, 1.807) is 24.2 Å². The lowest BCUT2D eigenvalue weighted by atomic mass is 10.3. The number of nitrogens with zero attached hydrogens (tertiary/aromatic N) is 1. The van der Waals surface area contributed by atoms with E-state index in [0.717, 1.165) is 12.2 Å². The molecule has 0 saturated carbocycles. The molecule has 0 aromatic carbocycles. The second-order valence-corrected chi connectivity index (χ2v) is 7.97. The van der Waals surface area contributed by atoms with Crippen molar-refractivity contribution in [3.8, 4) is 0 Å². The first-order valence-electron chi connectivity index (χ1n) is 5.20. The number of rotatable bonds is 6. The zero-order chi connectivity index (χ0) is 13.1. The number of thioether (sulfide) groups is 1. The van der Waals surface area contributed by atoms with Crippen LogP contribution in [0, 0.1) is 0 Å². The number of hydrogen-bond donors (Lipinski definition) is 1. The summed E-state index contributed by atoms with van der Waals surface area (Å²) in [5, 5.41) is 1.65. The van der Waals surface area contributed by atoms with E-state index >= 15 is 0 Å². The average Bonchev–Trinajstić information content (AvgIpc) is 2.72. The molecule has 7 heteroatoms. The molecule has 0 bridgehead atoms. The van der Waals surface area contributed by atoms with Crippen molar-refractivity contribution in [1.29, 1.82) is 0 Å². The minimum atomic E-state index is -3.39. The Kier molecular flexibility index (Phi) is 5.30. The molecule has 98 valence electrons. The molecule has 0 saturated heterocycles. The van der Waals surface area contributed by atoms with Gasteiger partial charge in [0.15, 0.2) is 0 Å². The first-order valence-corrected chi connectivity index (χ1v) is 8.92. The van der Waals surface area contributed by atoms with Gasteiger partial charge in [0.05, 0.1) is 0 Å². The molecule has 0 fully saturated rings. The molecule has 0 radical (unpaired) electrons. The maximum Gasteiger partial charge on any atom is 0.252 e. The third-order valence-electron chi connectivity index (χ3n) is 2.59. The zero-order valence-electron chi connectivity index (χ0n) is 10.2. The van der Waals surface area contributed by atoms with Crippen LogP contribution in [0.3, 0.4) is 0 Å². The first-order chi connectivity index (χ1) is 7.89. The Morgan fingerprint density at radius 1 is 1.59 bits per heavy atom. The minimum Gasteiger partial charge on any atom is -0.398 e. The molecule has 1 rings (SSSR count). The minimum absolute atomic E-state index is 0.00391. The van der Waals surface area contributed by atoms with E-state index in [2.05, 4.69) is 0 Å². The van der Waals surface area contributed by atoms with Gasteiger partial charge in [-0.25, -0.2) is 8.42 Å². The van der Waals surface area contributed by atoms with E-state index < -0.39 is 10.0 Å². The number of anilines is 1. The highest BCUT2D eigenvalue weighted by Gasteiger charge is 2.26. The van der Waals surface area contributed by atoms with Gasteiger partial charge >= 0.3 is 0 Å². The lowest BCUT2D eigenvalue weighted by Gasteiger charge is -2.23. The fraction of sp³-hybridized carbons (Fsp3) is 0.600. The summed E-state index contributed by atoms with van der Waals surface area (Å²) in [6, 6.07) is 1.51. The summed E-state index contributed by atoms with van der Waals surface area (Å²) in [5.74, 6) is 0.952. The third-order valence-corrected chi connectivity index (χ3v) is 6.64. The predicted molar refractivity (Wildman–Crippen MR) is 76.1 cm³/mol. The molecule has 1 heterocycles. The van der Waals surface area contributed by atoms with Crippen molar-refractivity contribution in [2.75, 3.05) is 24.8 Å². The monoisotopic (exact) mass is 294 g/mol. The number of nitrogens with two attached hydrogens (primary N) is 1. The molecule has 1 aromatic heterocycles. The van der Waals surface area contributed by atoms with E-state index in [0.29, 0.717) is 9.90 Å². The zero-order valence-corrected chi connectivity index (χ0v) is 12.7. The Morgan fingerprint density at radius 3 is 2.71 bits per heavy atom. The molecule has 2 N–H and O–H groups in total. The molecular formula is C10H18N2O2S3. The fourth-order valence-corrected chi connectivity index (χ4v) is 4.55. The van der Waals surface area contributed by atoms with Crippen LogP contribution in [0.25, 0.3) is 0 Å². The Hall–Kier alpha value is -0.240. The van der Waals surface area contributed by atoms with Crippen molar-refractivity contribution in [2.45, 2.75) is 23.6 Å². The van der Waals surface area contributed by atoms with Gasteiger partial charge in [-0.15, -0.1) is 11.3 Å². The first kappa shape index (κ1) is 14.8. The van der Waals surface area contributed by atoms with Crippen molar-refractivity contribution >= 4 is 38.8 Å². The van der Waals surface area contributed by atoms with E-state index in [-0.39, 0.29) is 6.04 Å². The second kappa shape index (κ2) is 6.08. The molecule has 1 unspecified atom stereocenters. The van der Waals surface area contributed by atoms with Crippen LogP contribution in [-0.4, -0.2) is 37.8 Å². The Balaban J connectivity index is 2.83. The van der Waals surface area contributed by atoms with E-state index in [1.807, 2.05) is 13.2 Å². The Labute approximate surface area is 111 Å². The smallest absolute Gasteiger partial charge is 0.252 e. The van der Waals surface area contributed by atoms with Crippen LogP contribution in [0.2, 0.25) is 0 Å². The highest BCUT2D eigenvalue weighted by molar-refractivity contribution is 7.98. The predicted octanol–water partition coefficient (Wildman–Crippen LogP) is 2.09. The molecule has 4 nitrogen and oxygen atoms in total. The molecule has 0 aliphatic carbocycles. The van der Waals surface area contributed by atoms with Gasteiger partial charge in [0.25, 0.3) is 10.0 Å². The van der Waals surface area contributed by atoms with E-state index in [9.17, 15) is 8.42 Å². The average molecular weight is 294 g/mol. The second-order valence-electron chi connectivity index (χ2n) is 3.85. The topological polar surface area (TPSA) is 63.4 Å². The highest BCUT2D eigenvalue weighted by Crippen LogP contribution is 2.26. The van der Waals surface area contributed by atoms with E-state index in [4.69, 9.17) is 5.73 Å². The summed E-state index contributed by atoms with van der Waals surface area (Å²) in [6.07, 6.45) is 2.86. The quantitative estimate of drug-likeness (QED) is 0.872. The van der Waals surface area contributed by atoms with Crippen molar-refractivity contribution in [2.24, 2.45) is 0 Å². The maximum atomic E-state index is 12.2. The largest absolute Gasteiger partial charge is 0.398 e. The van der Waals surface area contributed by atoms with Gasteiger partial charge in [-0.05, 0) is 31.4 Å². The molecule has 0 spiro atoms. The molecule has 1 aromatic rings. The highest BCUT2D eigenvalue weighted by atomic mass is 32.2. The SMILES string of the molecule is CSCCC(C)N(C)S(=O)(=O)c1cc(N)cs1. The van der Waals surface area contributed by atoms with Crippen molar-refractivity contribution < 1.29 is 8.42 Å². The maximum absolute atomic E-state index is 12.2. The van der Waals surface area contributed by atoms with E-state index in [1.165, 1.54) is 21.7 Å². The number of thiophene rings is 1. The van der Waals surface area contributed by atoms with Gasteiger partial charge in [-0.1, -0.05) is 0 Å². The Morgan fingerprint density at radius 2 is 2.24 bits per heavy atom. The van der Waals surface area contributed by atoms with Crippen LogP contribution < -0.4 is 5.73 Å². The van der Waals surface area contributed by atoms with Crippen LogP contribution in [-0.2, 0) is 10.0 Å². The number of sulfonamides is 1. The molecular weight excluding hydrogens is 276 g/mol. The van der Waals surface area contributed by atoms with Gasteiger partial charge in [0, 0.05) is 24.2 Å². The summed E-state index contributed by atoms with van der Waals surface area (Å²) in [5.41, 5.74) is 6.05. The fourth-order valence-electron chi connectivity index (χ4n) is 1.31. The third kappa shape index (κ3) is 3.61. The molecule has 0 aliphatic rings. The van der Waals surface area contributed by atoms with Gasteiger partial charge in [-0.3, -0.25) is 0 Å². The number of nitrogen functional groups attached to an aromatic ring is 1. The summed E-state index contributed by atoms with van der Waals surface area (Å²) in [6.45, 7) is 1.92. The summed E-state index contributed by atoms with van der Waals surface area (Å²) in [7, 11) is -1.76. The van der Waals surface area contributed by atoms with Crippen molar-refractivity contribution in [3.63, 3.8) is 0 Å². The van der Waals surface area contributed by atoms with Gasteiger partial charge in [-0.2, -0.15) is 16.1 Å². The van der Waals surface area contributed by atoms with Crippen LogP contribution in [0.4, 0.5) is 5.69 Å². The summed E-state index contributed by atoms with van der Waals surface area (Å²) in [4.78, 5) is 0. The van der Waals surface area contributed by atoms with Gasteiger partial charge in [0.1, 0.15) is 4.21 Å². The van der Waals surface area contributed by atoms with Crippen LogP contribution >= 0.6 is 23.1 Å². The van der Waals surface area contributed by atoms with Crippen LogP contribution in [0.15, 0.2) is 15.7 Å². The molecule has 0 amide bonds. The van der Waals surface area contributed by atoms with Crippen LogP contribution in [0.1, 0.15) is 13.3 Å². The summed E-state index contributed by atoms with van der Waals surface area (Å²) >= 11 is 2.89. The standard InChI is InChI=1S/C10H18N2O2S3/c1-8(4-5-15-3)12(2)17(13,14)10-6-9(11)7-16-10/h6-8H,4-5,11H2,1-3H3. The normalized spacial score (nSPS) is 14.1.